The van der Waals surface area contributed by atoms with E-state index in [0.717, 1.165) is 35.1 Å². The SMILES string of the molecule is CC(C)(C)OC(=O)CC(O)CC(O)/C=C/C(=C(c1ccc(F)cc1)c1ccc(F)cc1)C1CC1. The summed E-state index contributed by atoms with van der Waals surface area (Å²) in [5.41, 5.74) is 2.74. The Balaban J connectivity index is 1.83. The summed E-state index contributed by atoms with van der Waals surface area (Å²) in [6.45, 7) is 5.25. The van der Waals surface area contributed by atoms with Crippen LogP contribution in [-0.2, 0) is 9.53 Å². The van der Waals surface area contributed by atoms with Gasteiger partial charge in [0.1, 0.15) is 17.2 Å². The van der Waals surface area contributed by atoms with Crippen LogP contribution >= 0.6 is 0 Å². The number of carbonyl (C=O) groups excluding carboxylic acids is 1. The lowest BCUT2D eigenvalue weighted by Crippen LogP contribution is -2.27. The largest absolute Gasteiger partial charge is 0.460 e. The van der Waals surface area contributed by atoms with Crippen LogP contribution in [0.15, 0.2) is 66.3 Å². The van der Waals surface area contributed by atoms with E-state index in [1.54, 1.807) is 51.1 Å². The number of hydrogen-bond acceptors (Lipinski definition) is 4. The molecule has 0 bridgehead atoms. The molecule has 1 saturated carbocycles. The van der Waals surface area contributed by atoms with Crippen molar-refractivity contribution in [2.24, 2.45) is 5.92 Å². The topological polar surface area (TPSA) is 66.8 Å². The third-order valence-electron chi connectivity index (χ3n) is 5.41. The fraction of sp³-hybridized carbons (Fsp3) is 0.393. The van der Waals surface area contributed by atoms with E-state index in [9.17, 15) is 23.8 Å². The number of rotatable bonds is 9. The van der Waals surface area contributed by atoms with Gasteiger partial charge in [0.05, 0.1) is 18.6 Å². The van der Waals surface area contributed by atoms with Gasteiger partial charge in [0.2, 0.25) is 0 Å². The van der Waals surface area contributed by atoms with Crippen molar-refractivity contribution >= 4 is 11.5 Å². The molecule has 0 saturated heterocycles. The molecule has 0 aliphatic heterocycles. The molecule has 34 heavy (non-hydrogen) atoms. The van der Waals surface area contributed by atoms with E-state index < -0.39 is 23.8 Å². The van der Waals surface area contributed by atoms with Crippen molar-refractivity contribution < 1.29 is 28.5 Å². The van der Waals surface area contributed by atoms with E-state index >= 15 is 0 Å². The third kappa shape index (κ3) is 7.89. The standard InChI is InChI=1S/C28H32F2O4/c1-28(2,3)34-26(33)17-24(32)16-23(31)14-15-25(18-4-5-18)27(19-6-10-21(29)11-7-19)20-8-12-22(30)13-9-20/h6-15,18,23-24,31-32H,4-5,16-17H2,1-3H3/b15-14+. The second-order valence-corrected chi connectivity index (χ2v) is 9.72. The molecule has 6 heteroatoms. The molecule has 2 unspecified atom stereocenters. The first-order valence-electron chi connectivity index (χ1n) is 11.5. The van der Waals surface area contributed by atoms with Gasteiger partial charge in [0, 0.05) is 6.42 Å². The first kappa shape index (κ1) is 25.8. The van der Waals surface area contributed by atoms with Crippen molar-refractivity contribution in [3.05, 3.63) is 89.0 Å². The maximum Gasteiger partial charge on any atom is 0.308 e. The summed E-state index contributed by atoms with van der Waals surface area (Å²) in [6, 6.07) is 12.3. The maximum absolute atomic E-state index is 13.6. The highest BCUT2D eigenvalue weighted by Crippen LogP contribution is 2.43. The Morgan fingerprint density at radius 3 is 1.94 bits per heavy atom. The number of carbonyl (C=O) groups is 1. The lowest BCUT2D eigenvalue weighted by atomic mass is 9.90. The number of aliphatic hydroxyl groups excluding tert-OH is 2. The average molecular weight is 471 g/mol. The molecule has 182 valence electrons. The van der Waals surface area contributed by atoms with Crippen LogP contribution in [0.25, 0.3) is 5.57 Å². The zero-order valence-corrected chi connectivity index (χ0v) is 19.8. The van der Waals surface area contributed by atoms with E-state index in [0.29, 0.717) is 0 Å². The molecule has 2 N–H and O–H groups in total. The quantitative estimate of drug-likeness (QED) is 0.371. The third-order valence-corrected chi connectivity index (χ3v) is 5.41. The fourth-order valence-electron chi connectivity index (χ4n) is 3.78. The zero-order chi connectivity index (χ0) is 24.9. The van der Waals surface area contributed by atoms with Gasteiger partial charge in [0.25, 0.3) is 0 Å². The van der Waals surface area contributed by atoms with Gasteiger partial charge in [-0.1, -0.05) is 36.4 Å². The minimum Gasteiger partial charge on any atom is -0.460 e. The Hall–Kier alpha value is -2.83. The monoisotopic (exact) mass is 470 g/mol. The van der Waals surface area contributed by atoms with E-state index in [4.69, 9.17) is 4.74 Å². The molecular weight excluding hydrogens is 438 g/mol. The molecule has 1 aliphatic carbocycles. The number of halogens is 2. The Bertz CT molecular complexity index is 982. The van der Waals surface area contributed by atoms with Crippen molar-refractivity contribution in [3.63, 3.8) is 0 Å². The second kappa shape index (κ2) is 11.1. The number of hydrogen-bond donors (Lipinski definition) is 2. The molecule has 1 aliphatic rings. The van der Waals surface area contributed by atoms with Crippen LogP contribution in [0.5, 0.6) is 0 Å². The highest BCUT2D eigenvalue weighted by atomic mass is 19.1. The van der Waals surface area contributed by atoms with Crippen LogP contribution in [0.1, 0.15) is 57.6 Å². The van der Waals surface area contributed by atoms with Crippen molar-refractivity contribution in [1.29, 1.82) is 0 Å². The van der Waals surface area contributed by atoms with Crippen molar-refractivity contribution in [1.82, 2.24) is 0 Å². The Labute approximate surface area is 199 Å². The summed E-state index contributed by atoms with van der Waals surface area (Å²) in [7, 11) is 0. The van der Waals surface area contributed by atoms with Crippen molar-refractivity contribution in [2.75, 3.05) is 0 Å². The number of aliphatic hydroxyl groups is 2. The normalized spacial score (nSPS) is 15.7. The summed E-state index contributed by atoms with van der Waals surface area (Å²) >= 11 is 0. The van der Waals surface area contributed by atoms with E-state index in [1.807, 2.05) is 6.08 Å². The van der Waals surface area contributed by atoms with Crippen molar-refractivity contribution in [2.45, 2.75) is 64.3 Å². The van der Waals surface area contributed by atoms with Crippen LogP contribution in [0, 0.1) is 17.6 Å². The van der Waals surface area contributed by atoms with Crippen LogP contribution in [0.4, 0.5) is 8.78 Å². The summed E-state index contributed by atoms with van der Waals surface area (Å²) in [5, 5.41) is 20.7. The summed E-state index contributed by atoms with van der Waals surface area (Å²) in [4.78, 5) is 11.9. The van der Waals surface area contributed by atoms with Gasteiger partial charge >= 0.3 is 5.97 Å². The molecule has 0 aromatic heterocycles. The Kier molecular flexibility index (Phi) is 8.39. The van der Waals surface area contributed by atoms with Crippen LogP contribution in [0.2, 0.25) is 0 Å². The van der Waals surface area contributed by atoms with Crippen molar-refractivity contribution in [3.8, 4) is 0 Å². The Morgan fingerprint density at radius 1 is 1.00 bits per heavy atom. The molecule has 4 nitrogen and oxygen atoms in total. The lowest BCUT2D eigenvalue weighted by molar-refractivity contribution is -0.157. The molecule has 2 aromatic rings. The predicted molar refractivity (Wildman–Crippen MR) is 128 cm³/mol. The minimum absolute atomic E-state index is 0.0177. The Morgan fingerprint density at radius 2 is 1.50 bits per heavy atom. The lowest BCUT2D eigenvalue weighted by Gasteiger charge is -2.21. The van der Waals surface area contributed by atoms with Gasteiger partial charge in [-0.05, 0) is 86.1 Å². The molecule has 0 radical (unpaired) electrons. The van der Waals surface area contributed by atoms with E-state index in [-0.39, 0.29) is 30.4 Å². The van der Waals surface area contributed by atoms with Crippen LogP contribution < -0.4 is 0 Å². The molecule has 1 fully saturated rings. The summed E-state index contributed by atoms with van der Waals surface area (Å²) < 4.78 is 32.3. The molecule has 0 amide bonds. The van der Waals surface area contributed by atoms with Crippen LogP contribution in [-0.4, -0.2) is 34.0 Å². The summed E-state index contributed by atoms with van der Waals surface area (Å²) in [6.07, 6.45) is 3.13. The fourth-order valence-corrected chi connectivity index (χ4v) is 3.78. The predicted octanol–water partition coefficient (Wildman–Crippen LogP) is 5.58. The van der Waals surface area contributed by atoms with Gasteiger partial charge in [-0.3, -0.25) is 4.79 Å². The van der Waals surface area contributed by atoms with Gasteiger partial charge < -0.3 is 14.9 Å². The van der Waals surface area contributed by atoms with Crippen LogP contribution in [0.3, 0.4) is 0 Å². The minimum atomic E-state index is -1.04. The van der Waals surface area contributed by atoms with Gasteiger partial charge in [-0.15, -0.1) is 0 Å². The first-order valence-corrected chi connectivity index (χ1v) is 11.5. The molecular formula is C28H32F2O4. The molecule has 0 spiro atoms. The molecule has 2 atom stereocenters. The van der Waals surface area contributed by atoms with Gasteiger partial charge in [-0.2, -0.15) is 0 Å². The first-order chi connectivity index (χ1) is 16.0. The highest BCUT2D eigenvalue weighted by Gasteiger charge is 2.28. The van der Waals surface area contributed by atoms with Gasteiger partial charge in [0.15, 0.2) is 0 Å². The summed E-state index contributed by atoms with van der Waals surface area (Å²) in [5.74, 6) is -0.954. The number of esters is 1. The highest BCUT2D eigenvalue weighted by molar-refractivity contribution is 5.84. The average Bonchev–Trinajstić information content (AvgIpc) is 3.56. The zero-order valence-electron chi connectivity index (χ0n) is 19.8. The molecule has 2 aromatic carbocycles. The number of allylic oxidation sites excluding steroid dienone is 2. The van der Waals surface area contributed by atoms with E-state index in [1.165, 1.54) is 24.3 Å². The van der Waals surface area contributed by atoms with Gasteiger partial charge in [-0.25, -0.2) is 8.78 Å². The second-order valence-electron chi connectivity index (χ2n) is 9.72. The maximum atomic E-state index is 13.6. The smallest absolute Gasteiger partial charge is 0.308 e. The van der Waals surface area contributed by atoms with E-state index in [2.05, 4.69) is 0 Å². The molecule has 3 rings (SSSR count). The molecule has 0 heterocycles. The number of ether oxygens (including phenoxy) is 1. The number of benzene rings is 2.